The van der Waals surface area contributed by atoms with E-state index in [1.807, 2.05) is 26.0 Å². The van der Waals surface area contributed by atoms with Gasteiger partial charge in [-0.05, 0) is 80.6 Å². The monoisotopic (exact) mass is 386 g/mol. The second-order valence-corrected chi connectivity index (χ2v) is 7.30. The van der Waals surface area contributed by atoms with Gasteiger partial charge >= 0.3 is 0 Å². The normalized spacial score (nSPS) is 11.2. The van der Waals surface area contributed by atoms with Crippen LogP contribution in [-0.2, 0) is 6.42 Å². The molecule has 0 saturated heterocycles. The largest absolute Gasteiger partial charge is 0.478 e. The Bertz CT molecular complexity index is 1090. The summed E-state index contributed by atoms with van der Waals surface area (Å²) in [6.45, 7) is 9.41. The van der Waals surface area contributed by atoms with Crippen molar-refractivity contribution in [1.29, 1.82) is 0 Å². The number of aromatic nitrogens is 2. The van der Waals surface area contributed by atoms with Gasteiger partial charge in [-0.1, -0.05) is 12.1 Å². The van der Waals surface area contributed by atoms with Gasteiger partial charge in [0.2, 0.25) is 11.8 Å². The molecule has 0 radical (unpaired) electrons. The minimum absolute atomic E-state index is 0.623. The molecule has 0 aliphatic rings. The van der Waals surface area contributed by atoms with Crippen LogP contribution in [0, 0.1) is 13.8 Å². The highest BCUT2D eigenvalue weighted by Crippen LogP contribution is 2.26. The average molecular weight is 386 g/mol. The number of aryl methyl sites for hydroxylation is 2. The second kappa shape index (κ2) is 8.08. The van der Waals surface area contributed by atoms with Crippen LogP contribution in [0.3, 0.4) is 0 Å². The fraction of sp³-hybridized carbons (Fsp3) is 0.280. The Morgan fingerprint density at radius 1 is 0.655 bits per heavy atom. The van der Waals surface area contributed by atoms with E-state index in [0.717, 1.165) is 17.5 Å². The van der Waals surface area contributed by atoms with E-state index < -0.39 is 0 Å². The third-order valence-corrected chi connectivity index (χ3v) is 5.11. The lowest BCUT2D eigenvalue weighted by Crippen LogP contribution is -1.97. The Kier molecular flexibility index (Phi) is 5.34. The molecule has 4 aromatic rings. The number of ether oxygens (including phenoxy) is 2. The highest BCUT2D eigenvalue weighted by atomic mass is 16.5. The molecular formula is C25H26N2O2. The molecule has 0 atom stereocenters. The summed E-state index contributed by atoms with van der Waals surface area (Å²) >= 11 is 0. The first kappa shape index (κ1) is 19.2. The molecule has 0 fully saturated rings. The molecule has 4 nitrogen and oxygen atoms in total. The quantitative estimate of drug-likeness (QED) is 0.421. The van der Waals surface area contributed by atoms with Crippen molar-refractivity contribution in [3.05, 3.63) is 70.8 Å². The molecule has 0 aliphatic carbocycles. The summed E-state index contributed by atoms with van der Waals surface area (Å²) in [4.78, 5) is 9.21. The SMILES string of the molecule is CCOc1cc(C)c2cc(Cc3ccc4nc(OCC)cc(C)c4c3)ccc2n1. The van der Waals surface area contributed by atoms with E-state index in [0.29, 0.717) is 25.0 Å². The number of rotatable bonds is 6. The third-order valence-electron chi connectivity index (χ3n) is 5.11. The van der Waals surface area contributed by atoms with Crippen molar-refractivity contribution < 1.29 is 9.47 Å². The smallest absolute Gasteiger partial charge is 0.214 e. The molecule has 2 aromatic carbocycles. The van der Waals surface area contributed by atoms with Crippen LogP contribution in [0.2, 0.25) is 0 Å². The van der Waals surface area contributed by atoms with Gasteiger partial charge in [0.1, 0.15) is 0 Å². The van der Waals surface area contributed by atoms with E-state index in [1.54, 1.807) is 0 Å². The fourth-order valence-corrected chi connectivity index (χ4v) is 3.72. The summed E-state index contributed by atoms with van der Waals surface area (Å²) in [6.07, 6.45) is 0.866. The van der Waals surface area contributed by atoms with Crippen molar-refractivity contribution >= 4 is 21.8 Å². The number of fused-ring (bicyclic) bond motifs is 2. The molecule has 0 saturated carbocycles. The van der Waals surface area contributed by atoms with Gasteiger partial charge in [-0.3, -0.25) is 0 Å². The standard InChI is InChI=1S/C25H26N2O2/c1-5-28-24-11-16(3)20-14-18(7-9-22(20)26-24)13-19-8-10-23-21(15-19)17(4)12-25(27-23)29-6-2/h7-12,14-15H,5-6,13H2,1-4H3. The van der Waals surface area contributed by atoms with Crippen molar-refractivity contribution in [3.63, 3.8) is 0 Å². The summed E-state index contributed by atoms with van der Waals surface area (Å²) < 4.78 is 11.1. The lowest BCUT2D eigenvalue weighted by atomic mass is 9.99. The molecule has 4 heteroatoms. The first-order valence-corrected chi connectivity index (χ1v) is 10.1. The Morgan fingerprint density at radius 3 is 1.52 bits per heavy atom. The molecule has 0 aliphatic heterocycles. The van der Waals surface area contributed by atoms with Crippen LogP contribution in [0.15, 0.2) is 48.5 Å². The summed E-state index contributed by atoms with van der Waals surface area (Å²) in [7, 11) is 0. The maximum absolute atomic E-state index is 5.57. The summed E-state index contributed by atoms with van der Waals surface area (Å²) in [6, 6.07) is 17.0. The van der Waals surface area contributed by atoms with Crippen LogP contribution in [-0.4, -0.2) is 23.2 Å². The number of pyridine rings is 2. The number of hydrogen-bond donors (Lipinski definition) is 0. The van der Waals surface area contributed by atoms with E-state index in [1.165, 1.54) is 33.0 Å². The maximum atomic E-state index is 5.57. The predicted molar refractivity (Wildman–Crippen MR) is 118 cm³/mol. The van der Waals surface area contributed by atoms with Crippen LogP contribution < -0.4 is 9.47 Å². The summed E-state index contributed by atoms with van der Waals surface area (Å²) in [5.41, 5.74) is 6.84. The van der Waals surface area contributed by atoms with E-state index in [9.17, 15) is 0 Å². The van der Waals surface area contributed by atoms with Gasteiger partial charge in [0.15, 0.2) is 0 Å². The zero-order valence-electron chi connectivity index (χ0n) is 17.5. The molecule has 0 amide bonds. The van der Waals surface area contributed by atoms with Crippen molar-refractivity contribution in [2.75, 3.05) is 13.2 Å². The van der Waals surface area contributed by atoms with Crippen molar-refractivity contribution in [2.45, 2.75) is 34.1 Å². The van der Waals surface area contributed by atoms with Crippen molar-refractivity contribution in [1.82, 2.24) is 9.97 Å². The topological polar surface area (TPSA) is 44.2 Å². The van der Waals surface area contributed by atoms with Gasteiger partial charge < -0.3 is 9.47 Å². The van der Waals surface area contributed by atoms with Crippen molar-refractivity contribution in [2.24, 2.45) is 0 Å². The highest BCUT2D eigenvalue weighted by Gasteiger charge is 2.08. The summed E-state index contributed by atoms with van der Waals surface area (Å²) in [5.74, 6) is 1.38. The Hall–Kier alpha value is -3.14. The highest BCUT2D eigenvalue weighted by molar-refractivity contribution is 5.85. The van der Waals surface area contributed by atoms with Crippen molar-refractivity contribution in [3.8, 4) is 11.8 Å². The predicted octanol–water partition coefficient (Wildman–Crippen LogP) is 5.79. The molecule has 4 rings (SSSR count). The molecule has 0 unspecified atom stereocenters. The Balaban J connectivity index is 1.66. The molecule has 0 spiro atoms. The molecule has 29 heavy (non-hydrogen) atoms. The van der Waals surface area contributed by atoms with Gasteiger partial charge in [-0.2, -0.15) is 0 Å². The second-order valence-electron chi connectivity index (χ2n) is 7.30. The van der Waals surface area contributed by atoms with Gasteiger partial charge in [0.25, 0.3) is 0 Å². The lowest BCUT2D eigenvalue weighted by molar-refractivity contribution is 0.327. The van der Waals surface area contributed by atoms with Crippen LogP contribution in [0.4, 0.5) is 0 Å². The van der Waals surface area contributed by atoms with E-state index in [2.05, 4.69) is 60.2 Å². The van der Waals surface area contributed by atoms with Crippen LogP contribution >= 0.6 is 0 Å². The van der Waals surface area contributed by atoms with E-state index in [-0.39, 0.29) is 0 Å². The first-order valence-electron chi connectivity index (χ1n) is 10.1. The zero-order chi connectivity index (χ0) is 20.4. The van der Waals surface area contributed by atoms with E-state index >= 15 is 0 Å². The number of hydrogen-bond acceptors (Lipinski definition) is 4. The summed E-state index contributed by atoms with van der Waals surface area (Å²) in [5, 5.41) is 2.34. The van der Waals surface area contributed by atoms with Gasteiger partial charge in [-0.15, -0.1) is 0 Å². The molecule has 0 N–H and O–H groups in total. The number of benzene rings is 2. The fourth-order valence-electron chi connectivity index (χ4n) is 3.72. The molecular weight excluding hydrogens is 360 g/mol. The van der Waals surface area contributed by atoms with Gasteiger partial charge in [-0.25, -0.2) is 9.97 Å². The Labute approximate surface area is 171 Å². The molecule has 2 aromatic heterocycles. The Morgan fingerprint density at radius 2 is 1.10 bits per heavy atom. The average Bonchev–Trinajstić information content (AvgIpc) is 2.69. The molecule has 0 bridgehead atoms. The van der Waals surface area contributed by atoms with E-state index in [4.69, 9.17) is 9.47 Å². The van der Waals surface area contributed by atoms with Crippen LogP contribution in [0.25, 0.3) is 21.8 Å². The molecule has 148 valence electrons. The maximum Gasteiger partial charge on any atom is 0.214 e. The lowest BCUT2D eigenvalue weighted by Gasteiger charge is -2.11. The number of nitrogens with zero attached hydrogens (tertiary/aromatic N) is 2. The van der Waals surface area contributed by atoms with Crippen LogP contribution in [0.1, 0.15) is 36.1 Å². The van der Waals surface area contributed by atoms with Gasteiger partial charge in [0, 0.05) is 22.9 Å². The minimum Gasteiger partial charge on any atom is -0.478 e. The zero-order valence-corrected chi connectivity index (χ0v) is 17.5. The minimum atomic E-state index is 0.623. The third kappa shape index (κ3) is 4.02. The molecule has 2 heterocycles. The van der Waals surface area contributed by atoms with Gasteiger partial charge in [0.05, 0.1) is 24.2 Å². The van der Waals surface area contributed by atoms with Crippen LogP contribution in [0.5, 0.6) is 11.8 Å². The first-order chi connectivity index (χ1) is 14.1.